The van der Waals surface area contributed by atoms with Gasteiger partial charge in [-0.1, -0.05) is 24.3 Å². The molecule has 0 unspecified atom stereocenters. The van der Waals surface area contributed by atoms with E-state index >= 15 is 0 Å². The number of nitrogens with zero attached hydrogens (tertiary/aromatic N) is 3. The van der Waals surface area contributed by atoms with Gasteiger partial charge in [0.2, 0.25) is 0 Å². The lowest BCUT2D eigenvalue weighted by molar-refractivity contribution is -0.137. The van der Waals surface area contributed by atoms with Crippen LogP contribution in [0.25, 0.3) is 33.8 Å². The largest absolute Gasteiger partial charge is 0.496 e. The molecule has 0 N–H and O–H groups in total. The summed E-state index contributed by atoms with van der Waals surface area (Å²) in [6.07, 6.45) is -3.10. The topological polar surface area (TPSA) is 47.9 Å². The predicted molar refractivity (Wildman–Crippen MR) is 108 cm³/mol. The van der Waals surface area contributed by atoms with Crippen molar-refractivity contribution in [3.8, 4) is 39.5 Å². The summed E-state index contributed by atoms with van der Waals surface area (Å²) >= 11 is 0. The Balaban J connectivity index is 1.66. The number of halogens is 5. The normalized spacial score (nSPS) is 11.4. The number of alkyl halides is 3. The average molecular weight is 443 g/mol. The molecule has 0 bridgehead atoms. The van der Waals surface area contributed by atoms with Gasteiger partial charge in [-0.2, -0.15) is 13.2 Å². The van der Waals surface area contributed by atoms with Gasteiger partial charge in [0.1, 0.15) is 23.1 Å². The summed E-state index contributed by atoms with van der Waals surface area (Å²) in [4.78, 5) is 4.02. The fourth-order valence-corrected chi connectivity index (χ4v) is 3.16. The lowest BCUT2D eigenvalue weighted by atomic mass is 10.0. The summed E-state index contributed by atoms with van der Waals surface area (Å²) in [5, 5.41) is 7.84. The minimum atomic E-state index is -4.41. The van der Waals surface area contributed by atoms with E-state index in [2.05, 4.69) is 15.2 Å². The molecule has 32 heavy (non-hydrogen) atoms. The lowest BCUT2D eigenvalue weighted by Crippen LogP contribution is -2.04. The zero-order valence-electron chi connectivity index (χ0n) is 16.5. The Morgan fingerprint density at radius 2 is 1.47 bits per heavy atom. The van der Waals surface area contributed by atoms with E-state index in [0.29, 0.717) is 28.1 Å². The minimum Gasteiger partial charge on any atom is -0.496 e. The number of ether oxygens (including phenoxy) is 1. The number of rotatable bonds is 4. The highest BCUT2D eigenvalue weighted by Crippen LogP contribution is 2.35. The van der Waals surface area contributed by atoms with Crippen LogP contribution in [-0.2, 0) is 6.18 Å². The Hall–Kier alpha value is -3.88. The number of benzene rings is 3. The van der Waals surface area contributed by atoms with Crippen LogP contribution in [0.15, 0.2) is 66.9 Å². The molecule has 4 rings (SSSR count). The molecule has 0 fully saturated rings. The molecule has 0 aliphatic carbocycles. The highest BCUT2D eigenvalue weighted by Gasteiger charge is 2.30. The fourth-order valence-electron chi connectivity index (χ4n) is 3.16. The molecule has 9 heteroatoms. The van der Waals surface area contributed by atoms with Crippen LogP contribution in [0.2, 0.25) is 0 Å². The molecule has 1 aromatic heterocycles. The van der Waals surface area contributed by atoms with Crippen molar-refractivity contribution in [2.45, 2.75) is 6.18 Å². The van der Waals surface area contributed by atoms with Gasteiger partial charge in [-0.25, -0.2) is 13.8 Å². The SMILES string of the molecule is COc1cc(-c2ccc(C(F)(F)F)cc2)ccc1-c1cnc(-c2c(F)cccc2F)nn1. The molecule has 0 aliphatic rings. The zero-order valence-corrected chi connectivity index (χ0v) is 16.5. The number of hydrogen-bond acceptors (Lipinski definition) is 4. The highest BCUT2D eigenvalue weighted by atomic mass is 19.4. The maximum absolute atomic E-state index is 13.9. The first kappa shape index (κ1) is 21.4. The van der Waals surface area contributed by atoms with Crippen molar-refractivity contribution < 1.29 is 26.7 Å². The molecule has 1 heterocycles. The first-order valence-electron chi connectivity index (χ1n) is 9.28. The molecule has 0 atom stereocenters. The molecular formula is C23H14F5N3O. The summed E-state index contributed by atoms with van der Waals surface area (Å²) in [5.74, 6) is -1.44. The Kier molecular flexibility index (Phi) is 5.56. The standard InChI is InChI=1S/C23H14F5N3O/c1-32-20-11-14(13-5-8-15(9-6-13)23(26,27)28)7-10-16(20)19-12-29-22(31-30-19)21-17(24)3-2-4-18(21)25/h2-12H,1H3. The number of aromatic nitrogens is 3. The second-order valence-corrected chi connectivity index (χ2v) is 6.75. The van der Waals surface area contributed by atoms with Gasteiger partial charge in [0, 0.05) is 5.56 Å². The number of methoxy groups -OCH3 is 1. The Morgan fingerprint density at radius 3 is 2.03 bits per heavy atom. The summed E-state index contributed by atoms with van der Waals surface area (Å²) in [6.45, 7) is 0. The van der Waals surface area contributed by atoms with E-state index in [4.69, 9.17) is 4.74 Å². The fraction of sp³-hybridized carbons (Fsp3) is 0.0870. The van der Waals surface area contributed by atoms with Crippen LogP contribution < -0.4 is 4.74 Å². The van der Waals surface area contributed by atoms with E-state index in [1.165, 1.54) is 31.5 Å². The maximum atomic E-state index is 13.9. The van der Waals surface area contributed by atoms with Crippen molar-refractivity contribution in [3.05, 3.63) is 84.1 Å². The molecule has 0 saturated heterocycles. The van der Waals surface area contributed by atoms with Crippen molar-refractivity contribution in [1.29, 1.82) is 0 Å². The first-order chi connectivity index (χ1) is 15.3. The molecule has 0 amide bonds. The van der Waals surface area contributed by atoms with Crippen molar-refractivity contribution in [1.82, 2.24) is 15.2 Å². The summed E-state index contributed by atoms with van der Waals surface area (Å²) in [5.41, 5.74) is 0.876. The Labute approximate surface area is 179 Å². The molecule has 0 aliphatic heterocycles. The van der Waals surface area contributed by atoms with E-state index in [9.17, 15) is 22.0 Å². The first-order valence-corrected chi connectivity index (χ1v) is 9.28. The van der Waals surface area contributed by atoms with E-state index in [1.54, 1.807) is 18.2 Å². The third-order valence-electron chi connectivity index (χ3n) is 4.77. The summed E-state index contributed by atoms with van der Waals surface area (Å²) in [7, 11) is 1.43. The molecule has 0 saturated carbocycles. The van der Waals surface area contributed by atoms with Crippen LogP contribution in [0, 0.1) is 11.6 Å². The molecule has 4 aromatic rings. The average Bonchev–Trinajstić information content (AvgIpc) is 2.78. The molecule has 4 nitrogen and oxygen atoms in total. The van der Waals surface area contributed by atoms with Gasteiger partial charge in [-0.05, 0) is 47.5 Å². The molecule has 162 valence electrons. The van der Waals surface area contributed by atoms with Crippen LogP contribution in [0.4, 0.5) is 22.0 Å². The van der Waals surface area contributed by atoms with Crippen molar-refractivity contribution in [3.63, 3.8) is 0 Å². The summed E-state index contributed by atoms with van der Waals surface area (Å²) in [6, 6.07) is 13.2. The second kappa shape index (κ2) is 8.33. The van der Waals surface area contributed by atoms with Gasteiger partial charge < -0.3 is 4.74 Å². The smallest absolute Gasteiger partial charge is 0.416 e. The van der Waals surface area contributed by atoms with Gasteiger partial charge in [0.05, 0.1) is 24.4 Å². The van der Waals surface area contributed by atoms with Crippen LogP contribution in [0.5, 0.6) is 5.75 Å². The molecule has 3 aromatic carbocycles. The minimum absolute atomic E-state index is 0.204. The summed E-state index contributed by atoms with van der Waals surface area (Å²) < 4.78 is 71.6. The lowest BCUT2D eigenvalue weighted by Gasteiger charge is -2.12. The van der Waals surface area contributed by atoms with Gasteiger partial charge in [-0.3, -0.25) is 0 Å². The van der Waals surface area contributed by atoms with Crippen molar-refractivity contribution >= 4 is 0 Å². The van der Waals surface area contributed by atoms with Gasteiger partial charge in [-0.15, -0.1) is 10.2 Å². The third kappa shape index (κ3) is 4.14. The van der Waals surface area contributed by atoms with Crippen LogP contribution in [-0.4, -0.2) is 22.3 Å². The Bertz CT molecular complexity index is 1240. The monoisotopic (exact) mass is 443 g/mol. The molecular weight excluding hydrogens is 429 g/mol. The Morgan fingerprint density at radius 1 is 0.812 bits per heavy atom. The van der Waals surface area contributed by atoms with Crippen LogP contribution >= 0.6 is 0 Å². The highest BCUT2D eigenvalue weighted by molar-refractivity contribution is 5.74. The van der Waals surface area contributed by atoms with Gasteiger partial charge >= 0.3 is 6.18 Å². The van der Waals surface area contributed by atoms with E-state index in [0.717, 1.165) is 24.3 Å². The van der Waals surface area contributed by atoms with Gasteiger partial charge in [0.25, 0.3) is 0 Å². The number of hydrogen-bond donors (Lipinski definition) is 0. The van der Waals surface area contributed by atoms with Crippen molar-refractivity contribution in [2.24, 2.45) is 0 Å². The predicted octanol–water partition coefficient (Wildman–Crippen LogP) is 6.18. The molecule has 0 spiro atoms. The maximum Gasteiger partial charge on any atom is 0.416 e. The van der Waals surface area contributed by atoms with Crippen LogP contribution in [0.3, 0.4) is 0 Å². The van der Waals surface area contributed by atoms with Crippen LogP contribution in [0.1, 0.15) is 5.56 Å². The van der Waals surface area contributed by atoms with E-state index in [-0.39, 0.29) is 11.4 Å². The third-order valence-corrected chi connectivity index (χ3v) is 4.77. The van der Waals surface area contributed by atoms with Gasteiger partial charge in [0.15, 0.2) is 5.82 Å². The zero-order chi connectivity index (χ0) is 22.9. The quantitative estimate of drug-likeness (QED) is 0.354. The van der Waals surface area contributed by atoms with Crippen molar-refractivity contribution in [2.75, 3.05) is 7.11 Å². The second-order valence-electron chi connectivity index (χ2n) is 6.75. The molecule has 0 radical (unpaired) electrons. The van der Waals surface area contributed by atoms with E-state index in [1.807, 2.05) is 0 Å². The van der Waals surface area contributed by atoms with E-state index < -0.39 is 23.4 Å².